The standard InChI is InChI=1S/C21H20N2O6S/c1-14-8-10-16(11-9-14)30(27,28)22-12-4-5-15(13-22)21(26)29-23-19(24)17-6-2-3-7-18(17)20(23)25/h2-3,6-11,15H,4-5,12-13H2,1H3. The van der Waals surface area contributed by atoms with Gasteiger partial charge in [0.25, 0.3) is 11.8 Å². The van der Waals surface area contributed by atoms with Crippen LogP contribution in [-0.2, 0) is 19.7 Å². The molecule has 1 fully saturated rings. The third-order valence-electron chi connectivity index (χ3n) is 5.31. The Balaban J connectivity index is 1.47. The number of carbonyl (C=O) groups excluding carboxylic acids is 3. The van der Waals surface area contributed by atoms with E-state index in [1.54, 1.807) is 24.3 Å². The second kappa shape index (κ2) is 7.66. The summed E-state index contributed by atoms with van der Waals surface area (Å²) in [5, 5.41) is 0.459. The van der Waals surface area contributed by atoms with Gasteiger partial charge in [0, 0.05) is 13.1 Å². The average molecular weight is 428 g/mol. The largest absolute Gasteiger partial charge is 0.337 e. The SMILES string of the molecule is Cc1ccc(S(=O)(=O)N2CCCC(C(=O)ON3C(=O)c4ccccc4C3=O)C2)cc1. The molecule has 0 saturated carbocycles. The lowest BCUT2D eigenvalue weighted by molar-refractivity contribution is -0.174. The summed E-state index contributed by atoms with van der Waals surface area (Å²) in [4.78, 5) is 42.7. The molecule has 4 rings (SSSR count). The Labute approximate surface area is 174 Å². The number of nitrogens with zero attached hydrogens (tertiary/aromatic N) is 2. The first-order chi connectivity index (χ1) is 14.3. The molecule has 2 aromatic rings. The minimum absolute atomic E-state index is 0.0712. The highest BCUT2D eigenvalue weighted by molar-refractivity contribution is 7.89. The molecule has 9 heteroatoms. The van der Waals surface area contributed by atoms with Crippen LogP contribution in [0.5, 0.6) is 0 Å². The molecule has 30 heavy (non-hydrogen) atoms. The van der Waals surface area contributed by atoms with Crippen molar-refractivity contribution in [3.8, 4) is 0 Å². The van der Waals surface area contributed by atoms with Gasteiger partial charge in [-0.1, -0.05) is 34.9 Å². The van der Waals surface area contributed by atoms with Crippen LogP contribution in [0.4, 0.5) is 0 Å². The van der Waals surface area contributed by atoms with Crippen molar-refractivity contribution < 1.29 is 27.6 Å². The van der Waals surface area contributed by atoms with Crippen LogP contribution < -0.4 is 0 Å². The molecule has 0 aromatic heterocycles. The Morgan fingerprint density at radius 2 is 1.60 bits per heavy atom. The molecule has 1 saturated heterocycles. The molecule has 0 radical (unpaired) electrons. The van der Waals surface area contributed by atoms with Crippen LogP contribution in [0.15, 0.2) is 53.4 Å². The van der Waals surface area contributed by atoms with Crippen molar-refractivity contribution in [1.29, 1.82) is 0 Å². The van der Waals surface area contributed by atoms with Gasteiger partial charge >= 0.3 is 5.97 Å². The molecule has 8 nitrogen and oxygen atoms in total. The van der Waals surface area contributed by atoms with Crippen LogP contribution in [0.2, 0.25) is 0 Å². The van der Waals surface area contributed by atoms with E-state index in [9.17, 15) is 22.8 Å². The number of sulfonamides is 1. The van der Waals surface area contributed by atoms with E-state index in [2.05, 4.69) is 0 Å². The highest BCUT2D eigenvalue weighted by Gasteiger charge is 2.41. The number of amides is 2. The van der Waals surface area contributed by atoms with E-state index in [1.165, 1.54) is 28.6 Å². The van der Waals surface area contributed by atoms with Crippen molar-refractivity contribution in [2.24, 2.45) is 5.92 Å². The molecule has 2 heterocycles. The third kappa shape index (κ3) is 3.50. The first-order valence-corrected chi connectivity index (χ1v) is 11.0. The van der Waals surface area contributed by atoms with Crippen LogP contribution in [-0.4, -0.2) is 48.7 Å². The van der Waals surface area contributed by atoms with Gasteiger partial charge in [-0.25, -0.2) is 13.2 Å². The fourth-order valence-corrected chi connectivity index (χ4v) is 5.15. The molecule has 1 atom stereocenters. The quantitative estimate of drug-likeness (QED) is 0.692. The summed E-state index contributed by atoms with van der Waals surface area (Å²) < 4.78 is 27.1. The van der Waals surface area contributed by atoms with Gasteiger partial charge in [-0.05, 0) is 44.0 Å². The molecule has 0 aliphatic carbocycles. The van der Waals surface area contributed by atoms with Crippen molar-refractivity contribution in [3.63, 3.8) is 0 Å². The average Bonchev–Trinajstić information content (AvgIpc) is 2.99. The Kier molecular flexibility index (Phi) is 5.17. The van der Waals surface area contributed by atoms with E-state index in [0.717, 1.165) is 5.56 Å². The minimum atomic E-state index is -3.76. The number of hydrogen-bond acceptors (Lipinski definition) is 6. The van der Waals surface area contributed by atoms with E-state index in [0.29, 0.717) is 17.9 Å². The van der Waals surface area contributed by atoms with Gasteiger partial charge in [-0.2, -0.15) is 4.31 Å². The van der Waals surface area contributed by atoms with Gasteiger partial charge in [0.2, 0.25) is 10.0 Å². The number of hydroxylamine groups is 2. The lowest BCUT2D eigenvalue weighted by atomic mass is 10.0. The molecule has 1 unspecified atom stereocenters. The summed E-state index contributed by atoms with van der Waals surface area (Å²) in [6, 6.07) is 12.7. The predicted octanol–water partition coefficient (Wildman–Crippen LogP) is 2.15. The highest BCUT2D eigenvalue weighted by atomic mass is 32.2. The summed E-state index contributed by atoms with van der Waals surface area (Å²) in [7, 11) is -3.76. The number of piperidine rings is 1. The molecule has 2 aliphatic heterocycles. The van der Waals surface area contributed by atoms with E-state index in [1.807, 2.05) is 6.92 Å². The topological polar surface area (TPSA) is 101 Å². The summed E-state index contributed by atoms with van der Waals surface area (Å²) in [5.41, 5.74) is 1.28. The zero-order valence-electron chi connectivity index (χ0n) is 16.3. The number of benzene rings is 2. The van der Waals surface area contributed by atoms with Crippen molar-refractivity contribution in [1.82, 2.24) is 9.37 Å². The van der Waals surface area contributed by atoms with Gasteiger partial charge in [0.1, 0.15) is 0 Å². The normalized spacial score (nSPS) is 19.6. The summed E-state index contributed by atoms with van der Waals surface area (Å²) in [6.07, 6.45) is 0.870. The lowest BCUT2D eigenvalue weighted by Crippen LogP contribution is -2.44. The Morgan fingerprint density at radius 3 is 2.20 bits per heavy atom. The molecular weight excluding hydrogens is 408 g/mol. The van der Waals surface area contributed by atoms with E-state index >= 15 is 0 Å². The van der Waals surface area contributed by atoms with Crippen molar-refractivity contribution >= 4 is 27.8 Å². The smallest absolute Gasteiger partial charge is 0.329 e. The molecule has 0 spiro atoms. The fraction of sp³-hybridized carbons (Fsp3) is 0.286. The van der Waals surface area contributed by atoms with Crippen molar-refractivity contribution in [2.75, 3.05) is 13.1 Å². The van der Waals surface area contributed by atoms with Gasteiger partial charge in [-0.3, -0.25) is 9.59 Å². The van der Waals surface area contributed by atoms with Crippen LogP contribution in [0.1, 0.15) is 39.1 Å². The molecule has 0 N–H and O–H groups in total. The maximum Gasteiger partial charge on any atom is 0.337 e. The molecule has 2 aromatic carbocycles. The van der Waals surface area contributed by atoms with Crippen LogP contribution in [0.3, 0.4) is 0 Å². The number of hydrogen-bond donors (Lipinski definition) is 0. The minimum Gasteiger partial charge on any atom is -0.329 e. The number of fused-ring (bicyclic) bond motifs is 1. The fourth-order valence-electron chi connectivity index (χ4n) is 3.63. The monoisotopic (exact) mass is 428 g/mol. The van der Waals surface area contributed by atoms with Crippen LogP contribution in [0, 0.1) is 12.8 Å². The molecular formula is C21H20N2O6S. The second-order valence-corrected chi connectivity index (χ2v) is 9.31. The Hall–Kier alpha value is -3.04. The van der Waals surface area contributed by atoms with Gasteiger partial charge in [-0.15, -0.1) is 0 Å². The lowest BCUT2D eigenvalue weighted by Gasteiger charge is -2.31. The first-order valence-electron chi connectivity index (χ1n) is 9.55. The van der Waals surface area contributed by atoms with Crippen LogP contribution in [0.25, 0.3) is 0 Å². The molecule has 0 bridgehead atoms. The zero-order valence-corrected chi connectivity index (χ0v) is 17.1. The number of imide groups is 1. The molecule has 2 amide bonds. The third-order valence-corrected chi connectivity index (χ3v) is 7.19. The van der Waals surface area contributed by atoms with Crippen molar-refractivity contribution in [2.45, 2.75) is 24.7 Å². The van der Waals surface area contributed by atoms with Gasteiger partial charge < -0.3 is 4.84 Å². The van der Waals surface area contributed by atoms with Crippen LogP contribution >= 0.6 is 0 Å². The van der Waals surface area contributed by atoms with E-state index in [4.69, 9.17) is 4.84 Å². The summed E-state index contributed by atoms with van der Waals surface area (Å²) in [6.45, 7) is 2.08. The Morgan fingerprint density at radius 1 is 1.00 bits per heavy atom. The van der Waals surface area contributed by atoms with E-state index < -0.39 is 33.7 Å². The number of carbonyl (C=O) groups is 3. The van der Waals surface area contributed by atoms with Gasteiger partial charge in [0.15, 0.2) is 0 Å². The molecule has 2 aliphatic rings. The number of aryl methyl sites for hydroxylation is 1. The summed E-state index contributed by atoms with van der Waals surface area (Å²) in [5.74, 6) is -2.98. The summed E-state index contributed by atoms with van der Waals surface area (Å²) >= 11 is 0. The maximum absolute atomic E-state index is 12.9. The Bertz CT molecular complexity index is 1090. The van der Waals surface area contributed by atoms with Crippen molar-refractivity contribution in [3.05, 3.63) is 65.2 Å². The zero-order chi connectivity index (χ0) is 21.5. The second-order valence-electron chi connectivity index (χ2n) is 7.38. The first kappa shape index (κ1) is 20.2. The number of rotatable bonds is 4. The van der Waals surface area contributed by atoms with E-state index in [-0.39, 0.29) is 29.1 Å². The predicted molar refractivity (Wildman–Crippen MR) is 106 cm³/mol. The maximum atomic E-state index is 12.9. The highest BCUT2D eigenvalue weighted by Crippen LogP contribution is 2.27. The molecule has 156 valence electrons. The van der Waals surface area contributed by atoms with Gasteiger partial charge in [0.05, 0.1) is 21.9 Å².